The van der Waals surface area contributed by atoms with Crippen LogP contribution in [0.4, 0.5) is 0 Å². The Labute approximate surface area is 143 Å². The van der Waals surface area contributed by atoms with Gasteiger partial charge in [-0.25, -0.2) is 0 Å². The van der Waals surface area contributed by atoms with Crippen molar-refractivity contribution in [2.75, 3.05) is 20.6 Å². The summed E-state index contributed by atoms with van der Waals surface area (Å²) in [5.41, 5.74) is 5.30. The van der Waals surface area contributed by atoms with E-state index in [0.29, 0.717) is 15.4 Å². The summed E-state index contributed by atoms with van der Waals surface area (Å²) in [6.45, 7) is 9.02. The maximum atomic E-state index is 5.87. The van der Waals surface area contributed by atoms with Gasteiger partial charge in [-0.1, -0.05) is 32.8 Å². The lowest BCUT2D eigenvalue weighted by atomic mass is 10.1. The highest BCUT2D eigenvalue weighted by atomic mass is 31.1. The first-order valence-electron chi connectivity index (χ1n) is 7.80. The van der Waals surface area contributed by atoms with E-state index < -0.39 is 0 Å². The molecule has 0 aliphatic carbocycles. The van der Waals surface area contributed by atoms with Crippen LogP contribution in [0.25, 0.3) is 0 Å². The van der Waals surface area contributed by atoms with Gasteiger partial charge in [-0.15, -0.1) is 8.58 Å². The van der Waals surface area contributed by atoms with Crippen molar-refractivity contribution in [1.82, 2.24) is 0 Å². The van der Waals surface area contributed by atoms with Crippen molar-refractivity contribution < 1.29 is 9.47 Å². The Morgan fingerprint density at radius 2 is 1.83 bits per heavy atom. The van der Waals surface area contributed by atoms with E-state index in [9.17, 15) is 0 Å². The predicted molar refractivity (Wildman–Crippen MR) is 105 cm³/mol. The Hall–Kier alpha value is -0.940. The minimum absolute atomic E-state index is 0.290. The monoisotopic (exact) mass is 348 g/mol. The van der Waals surface area contributed by atoms with Crippen LogP contribution in [0.5, 0.6) is 5.75 Å². The average Bonchev–Trinajstić information content (AvgIpc) is 2.50. The molecule has 2 atom stereocenters. The molecular formula is C19H26O2P2. The van der Waals surface area contributed by atoms with Crippen molar-refractivity contribution in [3.05, 3.63) is 52.6 Å². The van der Waals surface area contributed by atoms with Gasteiger partial charge in [0.05, 0.1) is 0 Å². The van der Waals surface area contributed by atoms with E-state index in [1.165, 1.54) is 32.9 Å². The number of rotatable bonds is 7. The van der Waals surface area contributed by atoms with Gasteiger partial charge in [0.2, 0.25) is 0 Å². The molecule has 4 heteroatoms. The quantitative estimate of drug-likeness (QED) is 0.556. The fraction of sp³-hybridized carbons (Fsp3) is 0.368. The molecule has 2 nitrogen and oxygen atoms in total. The molecule has 2 aromatic carbocycles. The van der Waals surface area contributed by atoms with Gasteiger partial charge < -0.3 is 9.47 Å². The maximum absolute atomic E-state index is 5.87. The molecule has 0 saturated heterocycles. The first-order valence-corrected chi connectivity index (χ1v) is 10.5. The van der Waals surface area contributed by atoms with Crippen LogP contribution in [0.15, 0.2) is 30.3 Å². The zero-order chi connectivity index (χ0) is 16.8. The molecule has 0 aromatic heterocycles. The molecule has 0 fully saturated rings. The Morgan fingerprint density at radius 1 is 1.04 bits per heavy atom. The van der Waals surface area contributed by atoms with E-state index in [1.54, 1.807) is 7.11 Å². The number of hydrogen-bond donors (Lipinski definition) is 0. The lowest BCUT2D eigenvalue weighted by Gasteiger charge is -2.18. The summed E-state index contributed by atoms with van der Waals surface area (Å²) < 4.78 is 11.0. The van der Waals surface area contributed by atoms with Crippen molar-refractivity contribution >= 4 is 27.8 Å². The average molecular weight is 348 g/mol. The number of hydrogen-bond acceptors (Lipinski definition) is 2. The van der Waals surface area contributed by atoms with Crippen molar-refractivity contribution in [1.29, 1.82) is 0 Å². The maximum Gasteiger partial charge on any atom is 0.188 e. The molecule has 0 N–H and O–H groups in total. The second kappa shape index (κ2) is 8.78. The van der Waals surface area contributed by atoms with E-state index in [1.807, 2.05) is 0 Å². The van der Waals surface area contributed by atoms with Gasteiger partial charge in [0.1, 0.15) is 5.75 Å². The number of aryl methyl sites for hydroxylation is 3. The van der Waals surface area contributed by atoms with Crippen molar-refractivity contribution in [3.63, 3.8) is 0 Å². The fourth-order valence-corrected chi connectivity index (χ4v) is 5.15. The third-order valence-corrected chi connectivity index (χ3v) is 6.07. The largest absolute Gasteiger partial charge is 0.467 e. The Morgan fingerprint density at radius 3 is 2.52 bits per heavy atom. The second-order valence-corrected chi connectivity index (χ2v) is 8.12. The topological polar surface area (TPSA) is 18.5 Å². The Bertz CT molecular complexity index is 669. The van der Waals surface area contributed by atoms with E-state index in [-0.39, 0.29) is 0 Å². The lowest BCUT2D eigenvalue weighted by molar-refractivity contribution is 0.0514. The number of ether oxygens (including phenoxy) is 2. The van der Waals surface area contributed by atoms with Gasteiger partial charge in [0.15, 0.2) is 6.79 Å². The summed E-state index contributed by atoms with van der Waals surface area (Å²) in [7, 11) is 3.21. The first-order chi connectivity index (χ1) is 11.1. The van der Waals surface area contributed by atoms with E-state index in [2.05, 4.69) is 57.8 Å². The number of methoxy groups -OCH3 is 1. The highest BCUT2D eigenvalue weighted by molar-refractivity contribution is 7.56. The zero-order valence-corrected chi connectivity index (χ0v) is 16.6. The van der Waals surface area contributed by atoms with Crippen LogP contribution in [0.2, 0.25) is 0 Å². The third-order valence-electron chi connectivity index (χ3n) is 3.73. The van der Waals surface area contributed by atoms with Crippen LogP contribution in [0.1, 0.15) is 22.3 Å². The van der Waals surface area contributed by atoms with Crippen LogP contribution in [-0.2, 0) is 10.9 Å². The molecule has 0 aliphatic rings. The Kier molecular flexibility index (Phi) is 7.03. The van der Waals surface area contributed by atoms with Crippen LogP contribution in [0.3, 0.4) is 0 Å². The van der Waals surface area contributed by atoms with Crippen LogP contribution >= 0.6 is 17.2 Å². The predicted octanol–water partition coefficient (Wildman–Crippen LogP) is 4.03. The molecular weight excluding hydrogens is 322 g/mol. The normalized spacial score (nSPS) is 11.9. The summed E-state index contributed by atoms with van der Waals surface area (Å²) in [5.74, 6) is 0.976. The summed E-state index contributed by atoms with van der Waals surface area (Å²) in [6.07, 6.45) is 1.16. The Balaban J connectivity index is 2.43. The highest BCUT2D eigenvalue weighted by Crippen LogP contribution is 2.28. The third kappa shape index (κ3) is 4.77. The van der Waals surface area contributed by atoms with Gasteiger partial charge in [-0.2, -0.15) is 0 Å². The minimum Gasteiger partial charge on any atom is -0.467 e. The SMILES string of the molecule is COCOc1c(C)cc(C)cc1Pc1c(C)cccc1CPC. The van der Waals surface area contributed by atoms with Gasteiger partial charge in [0.25, 0.3) is 0 Å². The van der Waals surface area contributed by atoms with Crippen molar-refractivity contribution in [3.8, 4) is 5.75 Å². The highest BCUT2D eigenvalue weighted by Gasteiger charge is 2.13. The molecule has 124 valence electrons. The molecule has 2 aromatic rings. The first kappa shape index (κ1) is 18.4. The molecule has 2 rings (SSSR count). The molecule has 0 bridgehead atoms. The van der Waals surface area contributed by atoms with Crippen LogP contribution in [-0.4, -0.2) is 20.6 Å². The molecule has 0 saturated carbocycles. The summed E-state index contributed by atoms with van der Waals surface area (Å²) in [5, 5.41) is 2.74. The van der Waals surface area contributed by atoms with Gasteiger partial charge in [0, 0.05) is 12.4 Å². The number of benzene rings is 2. The molecule has 0 heterocycles. The summed E-state index contributed by atoms with van der Waals surface area (Å²) in [4.78, 5) is 0. The molecule has 0 amide bonds. The fourth-order valence-electron chi connectivity index (χ4n) is 2.74. The molecule has 0 aliphatic heterocycles. The standard InChI is InChI=1S/C19H26O2P2/c1-13-9-15(3)18(21-12-20-4)17(10-13)23-19-14(2)7-6-8-16(19)11-22-5/h6-10,22-23H,11-12H2,1-5H3. The van der Waals surface area contributed by atoms with Gasteiger partial charge in [-0.3, -0.25) is 0 Å². The smallest absolute Gasteiger partial charge is 0.188 e. The molecule has 23 heavy (non-hydrogen) atoms. The lowest BCUT2D eigenvalue weighted by Crippen LogP contribution is -2.16. The van der Waals surface area contributed by atoms with E-state index in [4.69, 9.17) is 9.47 Å². The molecule has 0 radical (unpaired) electrons. The molecule has 0 spiro atoms. The van der Waals surface area contributed by atoms with Crippen molar-refractivity contribution in [2.45, 2.75) is 26.9 Å². The minimum atomic E-state index is 0.290. The molecule has 2 unspecified atom stereocenters. The van der Waals surface area contributed by atoms with E-state index >= 15 is 0 Å². The summed E-state index contributed by atoms with van der Waals surface area (Å²) >= 11 is 0. The van der Waals surface area contributed by atoms with Crippen LogP contribution < -0.4 is 15.3 Å². The van der Waals surface area contributed by atoms with Crippen LogP contribution in [0, 0.1) is 20.8 Å². The van der Waals surface area contributed by atoms with Gasteiger partial charge >= 0.3 is 0 Å². The van der Waals surface area contributed by atoms with E-state index in [0.717, 1.165) is 20.5 Å². The van der Waals surface area contributed by atoms with Crippen molar-refractivity contribution in [2.24, 2.45) is 0 Å². The summed E-state index contributed by atoms with van der Waals surface area (Å²) in [6, 6.07) is 11.1. The second-order valence-electron chi connectivity index (χ2n) is 5.77. The zero-order valence-electron chi connectivity index (χ0n) is 14.6. The van der Waals surface area contributed by atoms with Gasteiger partial charge in [-0.05, 0) is 67.2 Å².